The molecule has 2 aromatic carbocycles. The zero-order valence-electron chi connectivity index (χ0n) is 14.6. The van der Waals surface area contributed by atoms with Gasteiger partial charge in [-0.1, -0.05) is 42.5 Å². The summed E-state index contributed by atoms with van der Waals surface area (Å²) in [4.78, 5) is 14.8. The zero-order chi connectivity index (χ0) is 17.2. The largest absolute Gasteiger partial charge is 0.336 e. The van der Waals surface area contributed by atoms with Crippen LogP contribution in [-0.2, 0) is 18.3 Å². The number of amides is 1. The fourth-order valence-corrected chi connectivity index (χ4v) is 3.81. The third kappa shape index (κ3) is 3.29. The minimum atomic E-state index is 0.192. The summed E-state index contributed by atoms with van der Waals surface area (Å²) in [5.41, 5.74) is 2.38. The Balaban J connectivity index is 1.43. The lowest BCUT2D eigenvalue weighted by Gasteiger charge is -2.24. The second-order valence-corrected chi connectivity index (χ2v) is 6.87. The number of aromatic nitrogens is 2. The Morgan fingerprint density at radius 2 is 2.04 bits per heavy atom. The van der Waals surface area contributed by atoms with E-state index in [1.165, 1.54) is 16.3 Å². The van der Waals surface area contributed by atoms with Crippen molar-refractivity contribution < 1.29 is 4.79 Å². The summed E-state index contributed by atoms with van der Waals surface area (Å²) >= 11 is 0. The number of benzene rings is 2. The number of likely N-dealkylation sites (tertiary alicyclic amines) is 1. The average Bonchev–Trinajstić information content (AvgIpc) is 3.28. The third-order valence-corrected chi connectivity index (χ3v) is 5.12. The fraction of sp³-hybridized carbons (Fsp3) is 0.333. The van der Waals surface area contributed by atoms with Gasteiger partial charge in [0.2, 0.25) is 5.91 Å². The van der Waals surface area contributed by atoms with Gasteiger partial charge in [-0.25, -0.2) is 0 Å². The Hall–Kier alpha value is -2.62. The maximum Gasteiger partial charge on any atom is 0.223 e. The van der Waals surface area contributed by atoms with Crippen LogP contribution >= 0.6 is 0 Å². The lowest BCUT2D eigenvalue weighted by molar-refractivity contribution is -0.132. The lowest BCUT2D eigenvalue weighted by atomic mass is 10.0. The van der Waals surface area contributed by atoms with Gasteiger partial charge in [0.1, 0.15) is 0 Å². The molecule has 1 atom stereocenters. The first-order valence-corrected chi connectivity index (χ1v) is 8.96. The van der Waals surface area contributed by atoms with Gasteiger partial charge in [0.15, 0.2) is 0 Å². The van der Waals surface area contributed by atoms with Crippen molar-refractivity contribution in [2.24, 2.45) is 7.05 Å². The van der Waals surface area contributed by atoms with E-state index in [2.05, 4.69) is 47.6 Å². The van der Waals surface area contributed by atoms with E-state index in [-0.39, 0.29) is 11.9 Å². The molecule has 1 aromatic heterocycles. The molecule has 0 unspecified atom stereocenters. The van der Waals surface area contributed by atoms with E-state index in [1.807, 2.05) is 29.0 Å². The molecule has 4 rings (SSSR count). The average molecular weight is 333 g/mol. The Kier molecular flexibility index (Phi) is 4.26. The highest BCUT2D eigenvalue weighted by molar-refractivity contribution is 5.83. The Morgan fingerprint density at radius 3 is 2.84 bits per heavy atom. The van der Waals surface area contributed by atoms with Crippen LogP contribution in [0, 0.1) is 0 Å². The van der Waals surface area contributed by atoms with Crippen molar-refractivity contribution in [2.45, 2.75) is 31.7 Å². The van der Waals surface area contributed by atoms with Crippen LogP contribution in [0.2, 0.25) is 0 Å². The number of fused-ring (bicyclic) bond motifs is 1. The smallest absolute Gasteiger partial charge is 0.223 e. The van der Waals surface area contributed by atoms with Crippen molar-refractivity contribution >= 4 is 16.7 Å². The number of hydrogen-bond acceptors (Lipinski definition) is 2. The predicted molar refractivity (Wildman–Crippen MR) is 99.2 cm³/mol. The molecule has 2 heterocycles. The number of rotatable bonds is 4. The maximum absolute atomic E-state index is 12.8. The molecule has 0 N–H and O–H groups in total. The van der Waals surface area contributed by atoms with Crippen LogP contribution in [-0.4, -0.2) is 27.1 Å². The van der Waals surface area contributed by atoms with Gasteiger partial charge in [0.25, 0.3) is 0 Å². The Labute approximate surface area is 148 Å². The first-order chi connectivity index (χ1) is 12.2. The molecule has 0 aliphatic carbocycles. The van der Waals surface area contributed by atoms with Crippen LogP contribution in [0.5, 0.6) is 0 Å². The number of aryl methyl sites for hydroxylation is 2. The van der Waals surface area contributed by atoms with Crippen LogP contribution in [0.15, 0.2) is 54.9 Å². The van der Waals surface area contributed by atoms with E-state index in [0.717, 1.165) is 31.4 Å². The molecule has 1 aliphatic rings. The molecule has 128 valence electrons. The van der Waals surface area contributed by atoms with Crippen LogP contribution in [0.25, 0.3) is 10.8 Å². The second-order valence-electron chi connectivity index (χ2n) is 6.87. The van der Waals surface area contributed by atoms with Crippen LogP contribution in [0.1, 0.15) is 36.4 Å². The second kappa shape index (κ2) is 6.71. The van der Waals surface area contributed by atoms with Crippen LogP contribution < -0.4 is 0 Å². The molecule has 0 bridgehead atoms. The molecule has 0 spiro atoms. The Bertz CT molecular complexity index is 899. The summed E-state index contributed by atoms with van der Waals surface area (Å²) in [6.45, 7) is 0.857. The van der Waals surface area contributed by atoms with Gasteiger partial charge in [-0.2, -0.15) is 5.10 Å². The standard InChI is InChI=1S/C21H23N3O/c1-23-15-19(14-22-23)20-7-4-12-24(20)21(25)11-9-16-8-10-17-5-2-3-6-18(17)13-16/h2-3,5-6,8,10,13-15,20H,4,7,9,11-12H2,1H3/t20-/m1/s1. The molecule has 1 aliphatic heterocycles. The van der Waals surface area contributed by atoms with E-state index >= 15 is 0 Å². The van der Waals surface area contributed by atoms with E-state index in [4.69, 9.17) is 0 Å². The first kappa shape index (κ1) is 15.9. The summed E-state index contributed by atoms with van der Waals surface area (Å²) in [7, 11) is 1.92. The summed E-state index contributed by atoms with van der Waals surface area (Å²) < 4.78 is 1.81. The normalized spacial score (nSPS) is 17.3. The van der Waals surface area contributed by atoms with Gasteiger partial charge in [0.05, 0.1) is 12.2 Å². The Morgan fingerprint density at radius 1 is 1.20 bits per heavy atom. The molecule has 3 aromatic rings. The van der Waals surface area contributed by atoms with Crippen molar-refractivity contribution in [3.05, 3.63) is 66.0 Å². The van der Waals surface area contributed by atoms with Gasteiger partial charge in [0, 0.05) is 31.8 Å². The van der Waals surface area contributed by atoms with E-state index in [9.17, 15) is 4.79 Å². The molecular weight excluding hydrogens is 310 g/mol. The first-order valence-electron chi connectivity index (χ1n) is 8.96. The van der Waals surface area contributed by atoms with Crippen molar-refractivity contribution in [1.82, 2.24) is 14.7 Å². The highest BCUT2D eigenvalue weighted by atomic mass is 16.2. The summed E-state index contributed by atoms with van der Waals surface area (Å²) in [6, 6.07) is 15.0. The summed E-state index contributed by atoms with van der Waals surface area (Å²) in [5.74, 6) is 0.250. The summed E-state index contributed by atoms with van der Waals surface area (Å²) in [5, 5.41) is 6.74. The minimum Gasteiger partial charge on any atom is -0.336 e. The molecule has 25 heavy (non-hydrogen) atoms. The van der Waals surface area contributed by atoms with Crippen molar-refractivity contribution in [2.75, 3.05) is 6.54 Å². The van der Waals surface area contributed by atoms with Gasteiger partial charge < -0.3 is 4.90 Å². The molecule has 4 heteroatoms. The topological polar surface area (TPSA) is 38.1 Å². The van der Waals surface area contributed by atoms with E-state index in [1.54, 1.807) is 0 Å². The van der Waals surface area contributed by atoms with Crippen molar-refractivity contribution in [3.63, 3.8) is 0 Å². The van der Waals surface area contributed by atoms with Crippen LogP contribution in [0.4, 0.5) is 0 Å². The molecule has 1 fully saturated rings. The predicted octanol–water partition coefficient (Wildman–Crippen LogP) is 3.87. The lowest BCUT2D eigenvalue weighted by Crippen LogP contribution is -2.30. The van der Waals surface area contributed by atoms with Crippen molar-refractivity contribution in [3.8, 4) is 0 Å². The number of hydrogen-bond donors (Lipinski definition) is 0. The molecule has 0 radical (unpaired) electrons. The highest BCUT2D eigenvalue weighted by Crippen LogP contribution is 2.32. The molecule has 1 saturated heterocycles. The zero-order valence-corrected chi connectivity index (χ0v) is 14.6. The van der Waals surface area contributed by atoms with Gasteiger partial charge in [-0.3, -0.25) is 9.48 Å². The summed E-state index contributed by atoms with van der Waals surface area (Å²) in [6.07, 6.45) is 7.38. The van der Waals surface area contributed by atoms with Gasteiger partial charge >= 0.3 is 0 Å². The molecule has 4 nitrogen and oxygen atoms in total. The third-order valence-electron chi connectivity index (χ3n) is 5.12. The maximum atomic E-state index is 12.8. The van der Waals surface area contributed by atoms with E-state index in [0.29, 0.717) is 6.42 Å². The fourth-order valence-electron chi connectivity index (χ4n) is 3.81. The van der Waals surface area contributed by atoms with Gasteiger partial charge in [-0.15, -0.1) is 0 Å². The highest BCUT2D eigenvalue weighted by Gasteiger charge is 2.30. The van der Waals surface area contributed by atoms with E-state index < -0.39 is 0 Å². The SMILES string of the molecule is Cn1cc([C@H]2CCCN2C(=O)CCc2ccc3ccccc3c2)cn1. The molecular formula is C21H23N3O. The minimum absolute atomic E-state index is 0.192. The number of carbonyl (C=O) groups is 1. The quantitative estimate of drug-likeness (QED) is 0.727. The van der Waals surface area contributed by atoms with Gasteiger partial charge in [-0.05, 0) is 35.6 Å². The molecule has 1 amide bonds. The van der Waals surface area contributed by atoms with Crippen molar-refractivity contribution in [1.29, 1.82) is 0 Å². The monoisotopic (exact) mass is 333 g/mol. The number of carbonyl (C=O) groups excluding carboxylic acids is 1. The molecule has 0 saturated carbocycles. The van der Waals surface area contributed by atoms with Crippen LogP contribution in [0.3, 0.4) is 0 Å². The number of nitrogens with zero attached hydrogens (tertiary/aromatic N) is 3.